The van der Waals surface area contributed by atoms with Gasteiger partial charge in [-0.3, -0.25) is 24.3 Å². The Labute approximate surface area is 153 Å². The number of carbonyl (C=O) groups is 1. The highest BCUT2D eigenvalue weighted by atomic mass is 32.2. The number of aromatic nitrogens is 1. The van der Waals surface area contributed by atoms with E-state index in [0.29, 0.717) is 6.54 Å². The largest absolute Gasteiger partial charge is 0.340 e. The molecule has 1 heterocycles. The van der Waals surface area contributed by atoms with E-state index in [4.69, 9.17) is 5.26 Å². The predicted octanol–water partition coefficient (Wildman–Crippen LogP) is 2.01. The Kier molecular flexibility index (Phi) is 6.14. The Bertz CT molecular complexity index is 931. The van der Waals surface area contributed by atoms with Crippen molar-refractivity contribution in [2.45, 2.75) is 18.0 Å². The molecule has 0 spiro atoms. The maximum absolute atomic E-state index is 12.4. The molecule has 1 aromatic heterocycles. The zero-order chi connectivity index (χ0) is 19.3. The van der Waals surface area contributed by atoms with Crippen molar-refractivity contribution in [1.29, 1.82) is 5.26 Å². The van der Waals surface area contributed by atoms with Crippen LogP contribution in [-0.2, 0) is 17.9 Å². The highest BCUT2D eigenvalue weighted by Gasteiger charge is 2.17. The third-order valence-corrected chi connectivity index (χ3v) is 4.46. The van der Waals surface area contributed by atoms with Crippen molar-refractivity contribution in [3.63, 3.8) is 0 Å². The molecule has 1 aromatic carbocycles. The molecule has 0 bridgehead atoms. The number of nitriles is 1. The smallest absolute Gasteiger partial charge is 0.287 e. The van der Waals surface area contributed by atoms with Crippen LogP contribution in [0.5, 0.6) is 0 Å². The van der Waals surface area contributed by atoms with E-state index in [0.717, 1.165) is 27.3 Å². The normalized spacial score (nSPS) is 10.2. The van der Waals surface area contributed by atoms with Crippen LogP contribution in [0.2, 0.25) is 0 Å². The van der Waals surface area contributed by atoms with Gasteiger partial charge in [0.2, 0.25) is 5.91 Å². The molecule has 134 valence electrons. The number of hydrogen-bond acceptors (Lipinski definition) is 6. The van der Waals surface area contributed by atoms with Gasteiger partial charge in [-0.2, -0.15) is 5.26 Å². The van der Waals surface area contributed by atoms with Crippen LogP contribution < -0.4 is 5.56 Å². The van der Waals surface area contributed by atoms with Gasteiger partial charge in [-0.1, -0.05) is 12.1 Å². The molecule has 0 aliphatic heterocycles. The lowest BCUT2D eigenvalue weighted by molar-refractivity contribution is -0.385. The van der Waals surface area contributed by atoms with Crippen LogP contribution in [0, 0.1) is 21.4 Å². The molecule has 0 aliphatic rings. The summed E-state index contributed by atoms with van der Waals surface area (Å²) in [6, 6.07) is 10.2. The second-order valence-electron chi connectivity index (χ2n) is 5.51. The van der Waals surface area contributed by atoms with Crippen molar-refractivity contribution in [2.75, 3.05) is 13.3 Å². The first-order valence-corrected chi connectivity index (χ1v) is 8.74. The monoisotopic (exact) mass is 372 g/mol. The number of rotatable bonds is 6. The van der Waals surface area contributed by atoms with Crippen molar-refractivity contribution in [3.05, 3.63) is 68.1 Å². The second-order valence-corrected chi connectivity index (χ2v) is 6.39. The number of benzene rings is 1. The molecule has 1 amide bonds. The molecule has 0 fully saturated rings. The fraction of sp³-hybridized carbons (Fsp3) is 0.235. The van der Waals surface area contributed by atoms with E-state index < -0.39 is 22.1 Å². The van der Waals surface area contributed by atoms with Crippen molar-refractivity contribution in [2.24, 2.45) is 0 Å². The molecule has 0 N–H and O–H groups in total. The molecule has 0 saturated heterocycles. The minimum absolute atomic E-state index is 0.336. The summed E-state index contributed by atoms with van der Waals surface area (Å²) in [5.41, 5.74) is -0.599. The fourth-order valence-electron chi connectivity index (χ4n) is 2.28. The Morgan fingerprint density at radius 1 is 1.38 bits per heavy atom. The van der Waals surface area contributed by atoms with Gasteiger partial charge in [0, 0.05) is 24.6 Å². The molecule has 0 atom stereocenters. The SMILES string of the molecule is CSc1ccc(CN(C)C(=O)Cn2cc([N+](=O)[O-])cc(C#N)c2=O)cc1. The summed E-state index contributed by atoms with van der Waals surface area (Å²) in [7, 11) is 1.58. The predicted molar refractivity (Wildman–Crippen MR) is 96.8 cm³/mol. The maximum Gasteiger partial charge on any atom is 0.287 e. The van der Waals surface area contributed by atoms with Gasteiger partial charge >= 0.3 is 0 Å². The van der Waals surface area contributed by atoms with Crippen molar-refractivity contribution < 1.29 is 9.72 Å². The lowest BCUT2D eigenvalue weighted by Crippen LogP contribution is -2.34. The number of thioether (sulfide) groups is 1. The second kappa shape index (κ2) is 8.31. The molecule has 0 saturated carbocycles. The van der Waals surface area contributed by atoms with Crippen LogP contribution in [0.3, 0.4) is 0 Å². The average molecular weight is 372 g/mol. The average Bonchev–Trinajstić information content (AvgIpc) is 2.63. The molecule has 0 aliphatic carbocycles. The third-order valence-electron chi connectivity index (χ3n) is 3.71. The number of likely N-dealkylation sites (N-methyl/N-ethyl adjacent to an activating group) is 1. The molecular formula is C17H16N4O4S. The van der Waals surface area contributed by atoms with Crippen LogP contribution in [0.15, 0.2) is 46.2 Å². The molecule has 0 radical (unpaired) electrons. The van der Waals surface area contributed by atoms with E-state index >= 15 is 0 Å². The van der Waals surface area contributed by atoms with Gasteiger partial charge in [-0.15, -0.1) is 11.8 Å². The van der Waals surface area contributed by atoms with E-state index in [-0.39, 0.29) is 12.1 Å². The van der Waals surface area contributed by atoms with Crippen molar-refractivity contribution >= 4 is 23.4 Å². The van der Waals surface area contributed by atoms with E-state index in [9.17, 15) is 19.7 Å². The minimum Gasteiger partial charge on any atom is -0.340 e. The quantitative estimate of drug-likeness (QED) is 0.436. The number of nitrogens with zero attached hydrogens (tertiary/aromatic N) is 4. The van der Waals surface area contributed by atoms with E-state index in [2.05, 4.69) is 0 Å². The number of amides is 1. The number of carbonyl (C=O) groups excluding carboxylic acids is 1. The number of pyridine rings is 1. The summed E-state index contributed by atoms with van der Waals surface area (Å²) in [5.74, 6) is -0.398. The molecular weight excluding hydrogens is 356 g/mol. The standard InChI is InChI=1S/C17H16N4O4S/c1-19(9-12-3-5-15(26-2)6-4-12)16(22)11-20-10-14(21(24)25)7-13(8-18)17(20)23/h3-7,10H,9,11H2,1-2H3. The zero-order valence-electron chi connectivity index (χ0n) is 14.2. The van der Waals surface area contributed by atoms with Crippen LogP contribution >= 0.6 is 11.8 Å². The molecule has 2 aromatic rings. The molecule has 8 nitrogen and oxygen atoms in total. The summed E-state index contributed by atoms with van der Waals surface area (Å²) in [4.78, 5) is 37.2. The third kappa shape index (κ3) is 4.49. The molecule has 26 heavy (non-hydrogen) atoms. The first kappa shape index (κ1) is 19.2. The first-order chi connectivity index (χ1) is 12.3. The Balaban J connectivity index is 2.18. The van der Waals surface area contributed by atoms with E-state index in [1.807, 2.05) is 30.5 Å². The topological polar surface area (TPSA) is 109 Å². The number of nitro groups is 1. The lowest BCUT2D eigenvalue weighted by Gasteiger charge is -2.18. The van der Waals surface area contributed by atoms with Crippen LogP contribution in [0.25, 0.3) is 0 Å². The summed E-state index contributed by atoms with van der Waals surface area (Å²) >= 11 is 1.61. The Morgan fingerprint density at radius 3 is 2.58 bits per heavy atom. The molecule has 9 heteroatoms. The van der Waals surface area contributed by atoms with Gasteiger partial charge in [0.25, 0.3) is 11.2 Å². The highest BCUT2D eigenvalue weighted by molar-refractivity contribution is 7.98. The summed E-state index contributed by atoms with van der Waals surface area (Å²) < 4.78 is 0.895. The molecule has 0 unspecified atom stereocenters. The Hall–Kier alpha value is -3.12. The lowest BCUT2D eigenvalue weighted by atomic mass is 10.2. The first-order valence-electron chi connectivity index (χ1n) is 7.51. The van der Waals surface area contributed by atoms with Gasteiger partial charge in [0.05, 0.1) is 11.1 Å². The van der Waals surface area contributed by atoms with E-state index in [1.165, 1.54) is 4.90 Å². The Morgan fingerprint density at radius 2 is 2.04 bits per heavy atom. The number of hydrogen-bond donors (Lipinski definition) is 0. The summed E-state index contributed by atoms with van der Waals surface area (Å²) in [6.45, 7) is -0.0448. The summed E-state index contributed by atoms with van der Waals surface area (Å²) in [6.07, 6.45) is 2.94. The minimum atomic E-state index is -0.732. The van der Waals surface area contributed by atoms with Gasteiger partial charge in [-0.05, 0) is 24.0 Å². The highest BCUT2D eigenvalue weighted by Crippen LogP contribution is 2.16. The van der Waals surface area contributed by atoms with Crippen LogP contribution in [0.1, 0.15) is 11.1 Å². The van der Waals surface area contributed by atoms with Crippen LogP contribution in [0.4, 0.5) is 5.69 Å². The van der Waals surface area contributed by atoms with Gasteiger partial charge in [0.1, 0.15) is 18.2 Å². The van der Waals surface area contributed by atoms with Crippen molar-refractivity contribution in [1.82, 2.24) is 9.47 Å². The van der Waals surface area contributed by atoms with E-state index in [1.54, 1.807) is 24.9 Å². The van der Waals surface area contributed by atoms with Gasteiger partial charge in [0.15, 0.2) is 0 Å². The molecule has 2 rings (SSSR count). The van der Waals surface area contributed by atoms with Crippen LogP contribution in [-0.4, -0.2) is 33.6 Å². The maximum atomic E-state index is 12.4. The van der Waals surface area contributed by atoms with Gasteiger partial charge < -0.3 is 4.90 Å². The summed E-state index contributed by atoms with van der Waals surface area (Å²) in [5, 5.41) is 19.9. The van der Waals surface area contributed by atoms with Gasteiger partial charge in [-0.25, -0.2) is 0 Å². The van der Waals surface area contributed by atoms with Crippen molar-refractivity contribution in [3.8, 4) is 6.07 Å². The fourth-order valence-corrected chi connectivity index (χ4v) is 2.68. The zero-order valence-corrected chi connectivity index (χ0v) is 15.0.